The molecule has 0 spiro atoms. The van der Waals surface area contributed by atoms with Gasteiger partial charge in [-0.25, -0.2) is 4.39 Å². The second-order valence-corrected chi connectivity index (χ2v) is 5.86. The van der Waals surface area contributed by atoms with Crippen LogP contribution in [0.2, 0.25) is 0 Å². The molecule has 0 aliphatic carbocycles. The van der Waals surface area contributed by atoms with E-state index in [2.05, 4.69) is 5.32 Å². The Balaban J connectivity index is 2.21. The van der Waals surface area contributed by atoms with Crippen molar-refractivity contribution in [3.63, 3.8) is 0 Å². The third kappa shape index (κ3) is 4.89. The molecule has 0 aromatic heterocycles. The fraction of sp³-hybridized carbons (Fsp3) is 0.250. The standard InChI is InChI=1S/C20H19F4NO3/c1-27-17-5-3-4-15(12-17)19(28-2,20(22,23)24)13-25-18(26)11-8-14-6-9-16(21)10-7-14/h3-12H,13H2,1-2H3,(H,25,26)/b11-8+. The van der Waals surface area contributed by atoms with E-state index in [1.54, 1.807) is 0 Å². The van der Waals surface area contributed by atoms with Crippen molar-refractivity contribution in [3.8, 4) is 5.75 Å². The van der Waals surface area contributed by atoms with Gasteiger partial charge in [0.25, 0.3) is 0 Å². The van der Waals surface area contributed by atoms with Crippen molar-refractivity contribution in [2.24, 2.45) is 0 Å². The predicted octanol–water partition coefficient (Wildman–Crippen LogP) is 4.07. The van der Waals surface area contributed by atoms with Gasteiger partial charge in [0.05, 0.1) is 13.7 Å². The number of rotatable bonds is 7. The monoisotopic (exact) mass is 397 g/mol. The van der Waals surface area contributed by atoms with Crippen molar-refractivity contribution < 1.29 is 31.8 Å². The quantitative estimate of drug-likeness (QED) is 0.566. The van der Waals surface area contributed by atoms with Crippen LogP contribution in [0.1, 0.15) is 11.1 Å². The summed E-state index contributed by atoms with van der Waals surface area (Å²) in [5.74, 6) is -0.960. The number of carbonyl (C=O) groups excluding carboxylic acids is 1. The first-order valence-corrected chi connectivity index (χ1v) is 8.20. The second-order valence-electron chi connectivity index (χ2n) is 5.86. The zero-order valence-corrected chi connectivity index (χ0v) is 15.2. The van der Waals surface area contributed by atoms with Crippen LogP contribution in [-0.4, -0.2) is 32.8 Å². The summed E-state index contributed by atoms with van der Waals surface area (Å²) in [5, 5.41) is 2.21. The molecule has 0 bridgehead atoms. The Morgan fingerprint density at radius 3 is 2.36 bits per heavy atom. The van der Waals surface area contributed by atoms with Crippen LogP contribution in [0.4, 0.5) is 17.6 Å². The van der Waals surface area contributed by atoms with Crippen molar-refractivity contribution in [3.05, 3.63) is 71.6 Å². The lowest BCUT2D eigenvalue weighted by Gasteiger charge is -2.35. The molecule has 0 saturated heterocycles. The molecule has 0 aliphatic heterocycles. The zero-order valence-electron chi connectivity index (χ0n) is 15.2. The lowest BCUT2D eigenvalue weighted by atomic mass is 9.92. The van der Waals surface area contributed by atoms with Gasteiger partial charge < -0.3 is 14.8 Å². The van der Waals surface area contributed by atoms with Crippen molar-refractivity contribution in [1.29, 1.82) is 0 Å². The summed E-state index contributed by atoms with van der Waals surface area (Å²) in [7, 11) is 2.26. The molecule has 150 valence electrons. The van der Waals surface area contributed by atoms with Crippen LogP contribution in [0.5, 0.6) is 5.75 Å². The van der Waals surface area contributed by atoms with E-state index in [1.165, 1.54) is 61.7 Å². The second kappa shape index (κ2) is 8.88. The highest BCUT2D eigenvalue weighted by atomic mass is 19.4. The van der Waals surface area contributed by atoms with Crippen LogP contribution < -0.4 is 10.1 Å². The summed E-state index contributed by atoms with van der Waals surface area (Å²) in [6.07, 6.45) is -2.37. The minimum atomic E-state index is -4.80. The molecule has 4 nitrogen and oxygen atoms in total. The number of amides is 1. The number of halogens is 4. The van der Waals surface area contributed by atoms with Gasteiger partial charge in [-0.2, -0.15) is 13.2 Å². The largest absolute Gasteiger partial charge is 0.497 e. The van der Waals surface area contributed by atoms with E-state index in [0.717, 1.165) is 13.2 Å². The molecule has 0 aliphatic rings. The molecule has 0 radical (unpaired) electrons. The molecule has 0 saturated carbocycles. The first kappa shape index (κ1) is 21.4. The third-order valence-corrected chi connectivity index (χ3v) is 4.15. The van der Waals surface area contributed by atoms with Crippen molar-refractivity contribution in [2.75, 3.05) is 20.8 Å². The third-order valence-electron chi connectivity index (χ3n) is 4.15. The molecular formula is C20H19F4NO3. The lowest BCUT2D eigenvalue weighted by molar-refractivity contribution is -0.274. The van der Waals surface area contributed by atoms with Crippen LogP contribution in [0.15, 0.2) is 54.6 Å². The van der Waals surface area contributed by atoms with E-state index >= 15 is 0 Å². The van der Waals surface area contributed by atoms with E-state index < -0.39 is 30.0 Å². The number of ether oxygens (including phenoxy) is 2. The molecular weight excluding hydrogens is 378 g/mol. The van der Waals surface area contributed by atoms with Crippen molar-refractivity contribution in [1.82, 2.24) is 5.32 Å². The molecule has 2 aromatic rings. The minimum Gasteiger partial charge on any atom is -0.497 e. The summed E-state index contributed by atoms with van der Waals surface area (Å²) in [5.41, 5.74) is -2.43. The number of benzene rings is 2. The van der Waals surface area contributed by atoms with E-state index in [4.69, 9.17) is 9.47 Å². The van der Waals surface area contributed by atoms with Gasteiger partial charge in [-0.15, -0.1) is 0 Å². The number of alkyl halides is 3. The molecule has 0 heterocycles. The number of methoxy groups -OCH3 is 2. The van der Waals surface area contributed by atoms with Crippen LogP contribution >= 0.6 is 0 Å². The van der Waals surface area contributed by atoms with Crippen LogP contribution in [-0.2, 0) is 15.1 Å². The highest BCUT2D eigenvalue weighted by Gasteiger charge is 2.57. The smallest absolute Gasteiger partial charge is 0.423 e. The Labute approximate surface area is 159 Å². The van der Waals surface area contributed by atoms with E-state index in [9.17, 15) is 22.4 Å². The van der Waals surface area contributed by atoms with E-state index in [1.807, 2.05) is 0 Å². The maximum absolute atomic E-state index is 13.9. The fourth-order valence-electron chi connectivity index (χ4n) is 2.56. The predicted molar refractivity (Wildman–Crippen MR) is 96.2 cm³/mol. The van der Waals surface area contributed by atoms with Gasteiger partial charge in [-0.3, -0.25) is 4.79 Å². The first-order valence-electron chi connectivity index (χ1n) is 8.20. The van der Waals surface area contributed by atoms with Gasteiger partial charge in [0.15, 0.2) is 0 Å². The molecule has 28 heavy (non-hydrogen) atoms. The molecule has 1 amide bonds. The molecule has 2 rings (SSSR count). The van der Waals surface area contributed by atoms with Crippen molar-refractivity contribution >= 4 is 12.0 Å². The van der Waals surface area contributed by atoms with Gasteiger partial charge >= 0.3 is 6.18 Å². The molecule has 8 heteroatoms. The average molecular weight is 397 g/mol. The summed E-state index contributed by atoms with van der Waals surface area (Å²) >= 11 is 0. The maximum atomic E-state index is 13.9. The molecule has 1 unspecified atom stereocenters. The topological polar surface area (TPSA) is 47.6 Å². The summed E-state index contributed by atoms with van der Waals surface area (Å²) in [4.78, 5) is 12.0. The zero-order chi connectivity index (χ0) is 20.8. The first-order chi connectivity index (χ1) is 13.2. The average Bonchev–Trinajstić information content (AvgIpc) is 2.67. The van der Waals surface area contributed by atoms with Gasteiger partial charge in [0.2, 0.25) is 11.5 Å². The Morgan fingerprint density at radius 2 is 1.79 bits per heavy atom. The Hall–Kier alpha value is -2.87. The van der Waals surface area contributed by atoms with Gasteiger partial charge in [-0.05, 0) is 41.5 Å². The number of carbonyl (C=O) groups is 1. The van der Waals surface area contributed by atoms with Crippen molar-refractivity contribution in [2.45, 2.75) is 11.8 Å². The van der Waals surface area contributed by atoms with Gasteiger partial charge in [0.1, 0.15) is 11.6 Å². The Bertz CT molecular complexity index is 834. The Morgan fingerprint density at radius 1 is 1.11 bits per heavy atom. The number of nitrogens with one attached hydrogen (secondary N) is 1. The summed E-state index contributed by atoms with van der Waals surface area (Å²) in [6, 6.07) is 10.7. The highest BCUT2D eigenvalue weighted by Crippen LogP contribution is 2.42. The Kier molecular flexibility index (Phi) is 6.80. The van der Waals surface area contributed by atoms with Crippen LogP contribution in [0, 0.1) is 5.82 Å². The highest BCUT2D eigenvalue weighted by molar-refractivity contribution is 5.91. The van der Waals surface area contributed by atoms with Crippen LogP contribution in [0.3, 0.4) is 0 Å². The normalized spacial score (nSPS) is 13.9. The molecule has 2 aromatic carbocycles. The SMILES string of the molecule is COc1cccc(C(CNC(=O)/C=C/c2ccc(F)cc2)(OC)C(F)(F)F)c1. The molecule has 0 fully saturated rings. The maximum Gasteiger partial charge on any atom is 0.423 e. The van der Waals surface area contributed by atoms with E-state index in [0.29, 0.717) is 5.56 Å². The number of hydrogen-bond acceptors (Lipinski definition) is 3. The fourth-order valence-corrected chi connectivity index (χ4v) is 2.56. The minimum absolute atomic E-state index is 0.204. The van der Waals surface area contributed by atoms with Crippen LogP contribution in [0.25, 0.3) is 6.08 Å². The summed E-state index contributed by atoms with van der Waals surface area (Å²) in [6.45, 7) is -0.841. The molecule has 1 N–H and O–H groups in total. The number of hydrogen-bond donors (Lipinski definition) is 1. The van der Waals surface area contributed by atoms with Gasteiger partial charge in [0, 0.05) is 13.2 Å². The van der Waals surface area contributed by atoms with E-state index in [-0.39, 0.29) is 11.3 Å². The molecule has 1 atom stereocenters. The van der Waals surface area contributed by atoms with Gasteiger partial charge in [-0.1, -0.05) is 24.3 Å². The lowest BCUT2D eigenvalue weighted by Crippen LogP contribution is -2.52. The summed E-state index contributed by atoms with van der Waals surface area (Å²) < 4.78 is 64.3.